The van der Waals surface area contributed by atoms with Crippen molar-refractivity contribution in [2.75, 3.05) is 0 Å². The fourth-order valence-electron chi connectivity index (χ4n) is 1.46. The quantitative estimate of drug-likeness (QED) is 0.723. The molecule has 1 N–H and O–H groups in total. The van der Waals surface area contributed by atoms with E-state index in [-0.39, 0.29) is 5.01 Å². The van der Waals surface area contributed by atoms with E-state index in [0.29, 0.717) is 0 Å². The Hall–Kier alpha value is -2.20. The van der Waals surface area contributed by atoms with Crippen LogP contribution >= 0.6 is 11.3 Å². The number of rotatable bonds is 1. The van der Waals surface area contributed by atoms with E-state index in [1.807, 2.05) is 0 Å². The van der Waals surface area contributed by atoms with Crippen molar-refractivity contribution in [1.82, 2.24) is 4.98 Å². The average Bonchev–Trinajstić information content (AvgIpc) is 2.94. The van der Waals surface area contributed by atoms with Gasteiger partial charge >= 0.3 is 5.97 Å². The van der Waals surface area contributed by atoms with Crippen LogP contribution in [0.25, 0.3) is 10.8 Å². The Morgan fingerprint density at radius 1 is 1.00 bits per heavy atom. The third-order valence-corrected chi connectivity index (χ3v) is 3.04. The fraction of sp³-hybridized carbons (Fsp3) is 0. The van der Waals surface area contributed by atoms with E-state index in [0.717, 1.165) is 11.3 Å². The number of fused-ring (bicyclic) bond motifs is 1. The van der Waals surface area contributed by atoms with Crippen LogP contribution < -0.4 is 0 Å². The van der Waals surface area contributed by atoms with Gasteiger partial charge in [-0.25, -0.2) is 9.78 Å². The molecule has 1 aromatic heterocycles. The van der Waals surface area contributed by atoms with Crippen LogP contribution in [0.1, 0.15) is 9.80 Å². The van der Waals surface area contributed by atoms with Gasteiger partial charge in [0.15, 0.2) is 0 Å². The monoisotopic (exact) mass is 257 g/mol. The second kappa shape index (κ2) is 5.93. The zero-order valence-electron chi connectivity index (χ0n) is 9.48. The molecule has 0 aliphatic heterocycles. The van der Waals surface area contributed by atoms with Crippen LogP contribution in [0.5, 0.6) is 0 Å². The van der Waals surface area contributed by atoms with Gasteiger partial charge in [-0.15, -0.1) is 11.3 Å². The molecule has 0 fully saturated rings. The third-order valence-electron chi connectivity index (χ3n) is 2.27. The number of carboxylic acids is 1. The predicted molar refractivity (Wildman–Crippen MR) is 73.0 cm³/mol. The molecule has 4 heteroatoms. The Kier molecular flexibility index (Phi) is 4.04. The molecule has 1 heterocycles. The number of carboxylic acid groups (broad SMARTS) is 1. The van der Waals surface area contributed by atoms with Gasteiger partial charge in [-0.1, -0.05) is 48.5 Å². The van der Waals surface area contributed by atoms with Crippen molar-refractivity contribution < 1.29 is 9.90 Å². The zero-order valence-corrected chi connectivity index (χ0v) is 10.3. The maximum absolute atomic E-state index is 10.0. The highest BCUT2D eigenvalue weighted by molar-refractivity contribution is 7.11. The smallest absolute Gasteiger partial charge is 0.364 e. The molecule has 0 unspecified atom stereocenters. The first-order valence-electron chi connectivity index (χ1n) is 5.34. The highest BCUT2D eigenvalue weighted by Gasteiger charge is 2.01. The summed E-state index contributed by atoms with van der Waals surface area (Å²) < 4.78 is 0. The molecule has 3 rings (SSSR count). The SMILES string of the molecule is O=C(O)c1nccs1.c1ccc2ccccc2c1. The van der Waals surface area contributed by atoms with E-state index < -0.39 is 5.97 Å². The van der Waals surface area contributed by atoms with Gasteiger partial charge in [-0.2, -0.15) is 0 Å². The van der Waals surface area contributed by atoms with Crippen LogP contribution in [-0.2, 0) is 0 Å². The van der Waals surface area contributed by atoms with Gasteiger partial charge < -0.3 is 5.11 Å². The summed E-state index contributed by atoms with van der Waals surface area (Å²) in [6.07, 6.45) is 1.47. The van der Waals surface area contributed by atoms with Gasteiger partial charge in [0.2, 0.25) is 5.01 Å². The minimum atomic E-state index is -0.958. The van der Waals surface area contributed by atoms with Crippen molar-refractivity contribution in [3.8, 4) is 0 Å². The van der Waals surface area contributed by atoms with Crippen LogP contribution in [0.4, 0.5) is 0 Å². The molecule has 2 aromatic carbocycles. The number of aromatic carboxylic acids is 1. The molecule has 0 saturated heterocycles. The van der Waals surface area contributed by atoms with E-state index in [1.165, 1.54) is 17.0 Å². The second-order valence-corrected chi connectivity index (χ2v) is 4.38. The van der Waals surface area contributed by atoms with Crippen molar-refractivity contribution in [1.29, 1.82) is 0 Å². The van der Waals surface area contributed by atoms with Gasteiger partial charge in [0.1, 0.15) is 0 Å². The van der Waals surface area contributed by atoms with Crippen LogP contribution in [0, 0.1) is 0 Å². The molecule has 90 valence electrons. The molecule has 0 atom stereocenters. The maximum atomic E-state index is 10.0. The van der Waals surface area contributed by atoms with Gasteiger partial charge in [0, 0.05) is 11.6 Å². The molecule has 0 amide bonds. The van der Waals surface area contributed by atoms with Gasteiger partial charge in [0.25, 0.3) is 0 Å². The number of aromatic nitrogens is 1. The van der Waals surface area contributed by atoms with Gasteiger partial charge in [-0.3, -0.25) is 0 Å². The van der Waals surface area contributed by atoms with Crippen LogP contribution in [-0.4, -0.2) is 16.1 Å². The first kappa shape index (κ1) is 12.3. The lowest BCUT2D eigenvalue weighted by atomic mass is 10.1. The van der Waals surface area contributed by atoms with Crippen LogP contribution in [0.2, 0.25) is 0 Å². The minimum absolute atomic E-state index is 0.144. The Morgan fingerprint density at radius 2 is 1.50 bits per heavy atom. The number of hydrogen-bond donors (Lipinski definition) is 1. The summed E-state index contributed by atoms with van der Waals surface area (Å²) in [5, 5.41) is 12.6. The molecule has 0 radical (unpaired) electrons. The normalized spacial score (nSPS) is 9.56. The third kappa shape index (κ3) is 3.15. The average molecular weight is 257 g/mol. The summed E-state index contributed by atoms with van der Waals surface area (Å²) in [5.41, 5.74) is 0. The van der Waals surface area contributed by atoms with Crippen molar-refractivity contribution in [2.24, 2.45) is 0 Å². The summed E-state index contributed by atoms with van der Waals surface area (Å²) in [6, 6.07) is 16.7. The summed E-state index contributed by atoms with van der Waals surface area (Å²) in [6.45, 7) is 0. The summed E-state index contributed by atoms with van der Waals surface area (Å²) in [4.78, 5) is 13.5. The van der Waals surface area contributed by atoms with E-state index in [1.54, 1.807) is 5.38 Å². The van der Waals surface area contributed by atoms with Crippen LogP contribution in [0.15, 0.2) is 60.1 Å². The second-order valence-electron chi connectivity index (χ2n) is 3.49. The highest BCUT2D eigenvalue weighted by atomic mass is 32.1. The van der Waals surface area contributed by atoms with Gasteiger partial charge in [0.05, 0.1) is 0 Å². The zero-order chi connectivity index (χ0) is 12.8. The molecule has 0 spiro atoms. The van der Waals surface area contributed by atoms with Crippen molar-refractivity contribution in [2.45, 2.75) is 0 Å². The fourth-order valence-corrected chi connectivity index (χ4v) is 1.94. The Balaban J connectivity index is 0.000000138. The first-order valence-corrected chi connectivity index (χ1v) is 6.22. The molecule has 3 aromatic rings. The van der Waals surface area contributed by atoms with E-state index in [4.69, 9.17) is 5.11 Å². The Bertz CT molecular complexity index is 570. The first-order chi connectivity index (χ1) is 8.77. The summed E-state index contributed by atoms with van der Waals surface area (Å²) >= 11 is 1.12. The minimum Gasteiger partial charge on any atom is -0.476 e. The summed E-state index contributed by atoms with van der Waals surface area (Å²) in [5.74, 6) is -0.958. The number of carbonyl (C=O) groups is 1. The molecule has 0 aliphatic rings. The number of thiazole rings is 1. The molecule has 18 heavy (non-hydrogen) atoms. The van der Waals surface area contributed by atoms with E-state index in [2.05, 4.69) is 53.5 Å². The number of nitrogens with zero attached hydrogens (tertiary/aromatic N) is 1. The lowest BCUT2D eigenvalue weighted by Crippen LogP contribution is -1.92. The van der Waals surface area contributed by atoms with Crippen molar-refractivity contribution >= 4 is 28.1 Å². The number of hydrogen-bond acceptors (Lipinski definition) is 3. The summed E-state index contributed by atoms with van der Waals surface area (Å²) in [7, 11) is 0. The molecular formula is C14H11NO2S. The van der Waals surface area contributed by atoms with Gasteiger partial charge in [-0.05, 0) is 10.8 Å². The lowest BCUT2D eigenvalue weighted by Gasteiger charge is -1.92. The highest BCUT2D eigenvalue weighted by Crippen LogP contribution is 2.11. The lowest BCUT2D eigenvalue weighted by molar-refractivity contribution is 0.0696. The largest absolute Gasteiger partial charge is 0.476 e. The van der Waals surface area contributed by atoms with Crippen LogP contribution in [0.3, 0.4) is 0 Å². The Labute approximate surface area is 108 Å². The Morgan fingerprint density at radius 3 is 1.78 bits per heavy atom. The van der Waals surface area contributed by atoms with E-state index in [9.17, 15) is 4.79 Å². The molecular weight excluding hydrogens is 246 g/mol. The number of benzene rings is 2. The topological polar surface area (TPSA) is 50.2 Å². The van der Waals surface area contributed by atoms with Crippen molar-refractivity contribution in [3.05, 3.63) is 65.1 Å². The van der Waals surface area contributed by atoms with E-state index >= 15 is 0 Å². The molecule has 3 nitrogen and oxygen atoms in total. The molecule has 0 aliphatic carbocycles. The standard InChI is InChI=1S/C10H8.C4H3NO2S/c1-2-6-10-8-4-3-7-9(10)5-1;6-4(7)3-5-1-2-8-3/h1-8H;1-2H,(H,6,7). The van der Waals surface area contributed by atoms with Crippen molar-refractivity contribution in [3.63, 3.8) is 0 Å². The predicted octanol–water partition coefficient (Wildman–Crippen LogP) is 3.68. The maximum Gasteiger partial charge on any atom is 0.364 e. The molecule has 0 saturated carbocycles. The molecule has 0 bridgehead atoms.